The molecule has 0 aliphatic carbocycles. The van der Waals surface area contributed by atoms with Gasteiger partial charge in [0, 0.05) is 41.1 Å². The molecule has 3 aliphatic rings. The summed E-state index contributed by atoms with van der Waals surface area (Å²) in [5.74, 6) is -2.16. The normalized spacial score (nSPS) is 29.7. The van der Waals surface area contributed by atoms with Crippen LogP contribution in [0.3, 0.4) is 0 Å². The third-order valence-electron chi connectivity index (χ3n) is 8.46. The number of carbonyl (C=O) groups excluding carboxylic acids is 3. The summed E-state index contributed by atoms with van der Waals surface area (Å²) in [5, 5.41) is 10.1. The highest BCUT2D eigenvalue weighted by Crippen LogP contribution is 2.68. The van der Waals surface area contributed by atoms with Gasteiger partial charge in [-0.25, -0.2) is 0 Å². The molecule has 0 saturated carbocycles. The summed E-state index contributed by atoms with van der Waals surface area (Å²) in [6.45, 7) is 13.7. The first kappa shape index (κ1) is 29.9. The summed E-state index contributed by atoms with van der Waals surface area (Å²) in [6, 6.07) is 6.52. The molecule has 3 heterocycles. The summed E-state index contributed by atoms with van der Waals surface area (Å²) >= 11 is 5.34. The van der Waals surface area contributed by atoms with Crippen molar-refractivity contribution in [3.05, 3.63) is 36.9 Å². The van der Waals surface area contributed by atoms with Gasteiger partial charge in [0.2, 0.25) is 5.91 Å². The molecule has 1 spiro atoms. The van der Waals surface area contributed by atoms with E-state index in [4.69, 9.17) is 4.74 Å². The van der Waals surface area contributed by atoms with Crippen LogP contribution in [0, 0.1) is 11.8 Å². The van der Waals surface area contributed by atoms with Crippen LogP contribution >= 0.6 is 27.7 Å². The van der Waals surface area contributed by atoms with Crippen LogP contribution in [-0.4, -0.2) is 87.5 Å². The van der Waals surface area contributed by atoms with E-state index in [0.717, 1.165) is 24.5 Å². The number of esters is 1. The van der Waals surface area contributed by atoms with E-state index < -0.39 is 28.7 Å². The van der Waals surface area contributed by atoms with Gasteiger partial charge in [0.05, 0.1) is 35.8 Å². The smallest absolute Gasteiger partial charge is 0.310 e. The fourth-order valence-corrected chi connectivity index (χ4v) is 10.3. The summed E-state index contributed by atoms with van der Waals surface area (Å²) in [5.41, 5.74) is 1.79. The number of aliphatic hydroxyl groups is 1. The number of aliphatic hydroxyl groups excluding tert-OH is 1. The van der Waals surface area contributed by atoms with Crippen molar-refractivity contribution >= 4 is 56.9 Å². The number of ether oxygens (including phenoxy) is 1. The molecule has 39 heavy (non-hydrogen) atoms. The highest BCUT2D eigenvalue weighted by molar-refractivity contribution is 9.09. The molecule has 2 bridgehead atoms. The maximum atomic E-state index is 14.6. The zero-order valence-corrected chi connectivity index (χ0v) is 25.6. The van der Waals surface area contributed by atoms with E-state index in [2.05, 4.69) is 41.3 Å². The average molecular weight is 623 g/mol. The zero-order chi connectivity index (χ0) is 28.5. The Hall–Kier alpha value is -2.04. The number of hydrogen-bond acceptors (Lipinski definition) is 7. The lowest BCUT2D eigenvalue weighted by molar-refractivity contribution is -0.154. The van der Waals surface area contributed by atoms with Gasteiger partial charge in [-0.05, 0) is 57.9 Å². The molecular weight excluding hydrogens is 582 g/mol. The van der Waals surface area contributed by atoms with Gasteiger partial charge < -0.3 is 24.5 Å². The lowest BCUT2D eigenvalue weighted by Crippen LogP contribution is -2.58. The largest absolute Gasteiger partial charge is 0.466 e. The molecule has 0 aromatic heterocycles. The molecule has 2 amide bonds. The quantitative estimate of drug-likeness (QED) is 0.215. The molecule has 10 heteroatoms. The van der Waals surface area contributed by atoms with Gasteiger partial charge in [-0.3, -0.25) is 14.4 Å². The van der Waals surface area contributed by atoms with Gasteiger partial charge in [-0.15, -0.1) is 18.3 Å². The number of hydrogen-bond donors (Lipinski definition) is 1. The molecule has 3 saturated heterocycles. The molecule has 3 aliphatic heterocycles. The van der Waals surface area contributed by atoms with E-state index >= 15 is 0 Å². The molecule has 0 radical (unpaired) electrons. The van der Waals surface area contributed by atoms with E-state index in [1.165, 1.54) is 0 Å². The predicted octanol–water partition coefficient (Wildman–Crippen LogP) is 3.85. The van der Waals surface area contributed by atoms with Crippen molar-refractivity contribution in [3.8, 4) is 0 Å². The number of thioether (sulfide) groups is 1. The maximum absolute atomic E-state index is 14.6. The van der Waals surface area contributed by atoms with Gasteiger partial charge in [0.25, 0.3) is 5.91 Å². The number of carbonyl (C=O) groups is 3. The van der Waals surface area contributed by atoms with Crippen LogP contribution in [0.4, 0.5) is 11.4 Å². The van der Waals surface area contributed by atoms with Crippen molar-refractivity contribution in [3.63, 3.8) is 0 Å². The third-order valence-corrected chi connectivity index (χ3v) is 11.7. The molecule has 1 N–H and O–H groups in total. The van der Waals surface area contributed by atoms with Crippen LogP contribution in [-0.2, 0) is 19.1 Å². The summed E-state index contributed by atoms with van der Waals surface area (Å²) in [6.07, 6.45) is 2.75. The van der Waals surface area contributed by atoms with Crippen molar-refractivity contribution in [2.45, 2.75) is 67.4 Å². The van der Waals surface area contributed by atoms with Crippen LogP contribution in [0.5, 0.6) is 0 Å². The van der Waals surface area contributed by atoms with Crippen LogP contribution in [0.25, 0.3) is 0 Å². The number of anilines is 2. The zero-order valence-electron chi connectivity index (χ0n) is 23.2. The monoisotopic (exact) mass is 621 g/mol. The van der Waals surface area contributed by atoms with E-state index in [-0.39, 0.29) is 47.6 Å². The van der Waals surface area contributed by atoms with Gasteiger partial charge in [-0.2, -0.15) is 0 Å². The topological polar surface area (TPSA) is 90.4 Å². The average Bonchev–Trinajstić information content (AvgIpc) is 3.53. The highest BCUT2D eigenvalue weighted by atomic mass is 79.9. The Morgan fingerprint density at radius 1 is 1.23 bits per heavy atom. The Balaban J connectivity index is 1.79. The minimum Gasteiger partial charge on any atom is -0.466 e. The number of halogens is 1. The second-order valence-electron chi connectivity index (χ2n) is 10.3. The van der Waals surface area contributed by atoms with Crippen molar-refractivity contribution in [1.29, 1.82) is 0 Å². The minimum atomic E-state index is -0.830. The molecule has 7 atom stereocenters. The Labute approximate surface area is 244 Å². The van der Waals surface area contributed by atoms with Gasteiger partial charge in [0.15, 0.2) is 0 Å². The van der Waals surface area contributed by atoms with Crippen LogP contribution in [0.2, 0.25) is 0 Å². The second-order valence-corrected chi connectivity index (χ2v) is 13.0. The molecule has 214 valence electrons. The van der Waals surface area contributed by atoms with Crippen molar-refractivity contribution in [1.82, 2.24) is 4.90 Å². The molecule has 4 rings (SSSR count). The maximum Gasteiger partial charge on any atom is 0.310 e. The van der Waals surface area contributed by atoms with Gasteiger partial charge >= 0.3 is 5.97 Å². The minimum absolute atomic E-state index is 0.0355. The van der Waals surface area contributed by atoms with E-state index in [9.17, 15) is 19.5 Å². The van der Waals surface area contributed by atoms with E-state index in [1.54, 1.807) is 34.6 Å². The first-order chi connectivity index (χ1) is 18.7. The number of likely N-dealkylation sites (tertiary alicyclic amines) is 1. The Bertz CT molecular complexity index is 1080. The van der Waals surface area contributed by atoms with Crippen LogP contribution in [0.1, 0.15) is 40.5 Å². The van der Waals surface area contributed by atoms with E-state index in [1.807, 2.05) is 31.2 Å². The fraction of sp³-hybridized carbons (Fsp3) is 0.621. The second kappa shape index (κ2) is 12.2. The standard InChI is InChI=1S/C29H40BrN3O5S/c1-6-15-32(20-13-11-19(12-14-20)31(8-3)9-4)27(36)25-29-16-21(30)24(39-29)22(28(37)38-10-5)23(29)26(35)33(25)18(7-2)17-34/h6,11-14,18,21-25,34H,1,7-10,15-17H2,2-5H3/t18-,21?,22+,23-,24+,25?,29?/m0/s1. The van der Waals surface area contributed by atoms with Crippen LogP contribution < -0.4 is 9.80 Å². The number of rotatable bonds is 12. The van der Waals surface area contributed by atoms with Gasteiger partial charge in [-0.1, -0.05) is 28.9 Å². The fourth-order valence-electron chi connectivity index (χ4n) is 6.69. The SMILES string of the molecule is C=CCN(C(=O)C1N([C@@H](CC)CO)C(=O)[C@@H]2[C@@H](C(=O)OCC)[C@@H]3SC12CC3Br)c1ccc(N(CC)CC)cc1. The lowest BCUT2D eigenvalue weighted by Gasteiger charge is -2.39. The Morgan fingerprint density at radius 2 is 1.87 bits per heavy atom. The summed E-state index contributed by atoms with van der Waals surface area (Å²) in [7, 11) is 0. The number of nitrogens with zero attached hydrogens (tertiary/aromatic N) is 3. The predicted molar refractivity (Wildman–Crippen MR) is 159 cm³/mol. The first-order valence-electron chi connectivity index (χ1n) is 13.9. The summed E-state index contributed by atoms with van der Waals surface area (Å²) < 4.78 is 4.62. The van der Waals surface area contributed by atoms with Gasteiger partial charge in [0.1, 0.15) is 6.04 Å². The number of fused-ring (bicyclic) bond motifs is 1. The van der Waals surface area contributed by atoms with Crippen molar-refractivity contribution < 1.29 is 24.2 Å². The van der Waals surface area contributed by atoms with E-state index in [0.29, 0.717) is 12.8 Å². The lowest BCUT2D eigenvalue weighted by atomic mass is 9.71. The molecule has 1 aromatic carbocycles. The molecule has 1 aromatic rings. The van der Waals surface area contributed by atoms with Crippen molar-refractivity contribution in [2.75, 3.05) is 42.6 Å². The number of alkyl halides is 1. The summed E-state index contributed by atoms with van der Waals surface area (Å²) in [4.78, 5) is 47.4. The third kappa shape index (κ3) is 4.90. The Morgan fingerprint density at radius 3 is 2.41 bits per heavy atom. The molecule has 3 fully saturated rings. The molecule has 8 nitrogen and oxygen atoms in total. The number of benzene rings is 1. The Kier molecular flexibility index (Phi) is 9.38. The molecular formula is C29H40BrN3O5S. The van der Waals surface area contributed by atoms with Crippen molar-refractivity contribution in [2.24, 2.45) is 11.8 Å². The first-order valence-corrected chi connectivity index (χ1v) is 15.7. The van der Waals surface area contributed by atoms with Crippen LogP contribution in [0.15, 0.2) is 36.9 Å². The highest BCUT2D eigenvalue weighted by Gasteiger charge is 2.76. The number of amides is 2. The molecule has 3 unspecified atom stereocenters.